The Kier molecular flexibility index (Phi) is 7.00. The summed E-state index contributed by atoms with van der Waals surface area (Å²) in [5, 5.41) is 0. The minimum atomic E-state index is -0.464. The van der Waals surface area contributed by atoms with Gasteiger partial charge in [0, 0.05) is 59.0 Å². The fraction of sp³-hybridized carbons (Fsp3) is 0.423. The van der Waals surface area contributed by atoms with Gasteiger partial charge in [0.05, 0.1) is 0 Å². The van der Waals surface area contributed by atoms with Crippen LogP contribution in [0.25, 0.3) is 0 Å². The molecule has 2 unspecified atom stereocenters. The molecule has 2 aromatic rings. The van der Waals surface area contributed by atoms with E-state index >= 15 is 0 Å². The zero-order valence-corrected chi connectivity index (χ0v) is 20.0. The molecule has 0 amide bonds. The molecule has 2 aromatic carbocycles. The van der Waals surface area contributed by atoms with Gasteiger partial charge >= 0.3 is 17.9 Å². The number of likely N-dealkylation sites (tertiary alicyclic amines) is 2. The van der Waals surface area contributed by atoms with E-state index in [-0.39, 0.29) is 17.5 Å². The molecule has 0 aliphatic carbocycles. The Hall–Kier alpha value is -3.23. The predicted molar refractivity (Wildman–Crippen MR) is 125 cm³/mol. The maximum absolute atomic E-state index is 11.5. The van der Waals surface area contributed by atoms with E-state index in [4.69, 9.17) is 14.2 Å². The Morgan fingerprint density at radius 3 is 1.71 bits per heavy atom. The maximum atomic E-state index is 11.5. The smallest absolute Gasteiger partial charge is 0.308 e. The van der Waals surface area contributed by atoms with Crippen LogP contribution < -0.4 is 14.2 Å². The van der Waals surface area contributed by atoms with Gasteiger partial charge in [-0.2, -0.15) is 0 Å². The Bertz CT molecular complexity index is 1110. The van der Waals surface area contributed by atoms with Crippen LogP contribution in [0.3, 0.4) is 0 Å². The van der Waals surface area contributed by atoms with Crippen LogP contribution in [-0.2, 0) is 27.5 Å². The second-order valence-electron chi connectivity index (χ2n) is 9.06. The Morgan fingerprint density at radius 2 is 1.21 bits per heavy atom. The van der Waals surface area contributed by atoms with Gasteiger partial charge in [-0.3, -0.25) is 24.2 Å². The summed E-state index contributed by atoms with van der Waals surface area (Å²) in [5.74, 6) is -0.117. The van der Waals surface area contributed by atoms with Crippen molar-refractivity contribution in [2.24, 2.45) is 0 Å². The van der Waals surface area contributed by atoms with E-state index in [1.807, 2.05) is 25.1 Å². The molecule has 2 saturated heterocycles. The number of hydrogen-bond donors (Lipinski definition) is 0. The number of hydrogen-bond acceptors (Lipinski definition) is 8. The molecule has 0 saturated carbocycles. The molecule has 34 heavy (non-hydrogen) atoms. The van der Waals surface area contributed by atoms with Crippen LogP contribution in [0.1, 0.15) is 43.9 Å². The van der Waals surface area contributed by atoms with Crippen LogP contribution in [0.5, 0.6) is 17.2 Å². The van der Waals surface area contributed by atoms with Gasteiger partial charge in [0.25, 0.3) is 0 Å². The van der Waals surface area contributed by atoms with E-state index in [0.717, 1.165) is 43.7 Å². The van der Waals surface area contributed by atoms with Crippen molar-refractivity contribution in [2.45, 2.75) is 59.3 Å². The summed E-state index contributed by atoms with van der Waals surface area (Å²) in [7, 11) is 0. The first kappa shape index (κ1) is 23.9. The Labute approximate surface area is 199 Å². The Morgan fingerprint density at radius 1 is 0.735 bits per heavy atom. The normalized spacial score (nSPS) is 19.8. The molecule has 2 atom stereocenters. The molecule has 8 heteroatoms. The zero-order valence-electron chi connectivity index (χ0n) is 20.0. The van der Waals surface area contributed by atoms with Crippen LogP contribution >= 0.6 is 0 Å². The fourth-order valence-corrected chi connectivity index (χ4v) is 4.89. The van der Waals surface area contributed by atoms with Crippen molar-refractivity contribution >= 4 is 17.9 Å². The first-order chi connectivity index (χ1) is 16.2. The Balaban J connectivity index is 1.37. The van der Waals surface area contributed by atoms with E-state index < -0.39 is 11.9 Å². The van der Waals surface area contributed by atoms with Crippen LogP contribution in [0, 0.1) is 6.92 Å². The highest BCUT2D eigenvalue weighted by Gasteiger charge is 2.42. The molecule has 2 aliphatic rings. The third kappa shape index (κ3) is 5.63. The molecule has 8 nitrogen and oxygen atoms in total. The summed E-state index contributed by atoms with van der Waals surface area (Å²) in [6.45, 7) is 9.55. The third-order valence-electron chi connectivity index (χ3n) is 6.25. The number of ether oxygens (including phenoxy) is 3. The van der Waals surface area contributed by atoms with Crippen molar-refractivity contribution in [1.29, 1.82) is 0 Å². The van der Waals surface area contributed by atoms with Gasteiger partial charge in [-0.1, -0.05) is 18.2 Å². The number of nitrogens with zero attached hydrogens (tertiary/aromatic N) is 2. The number of esters is 3. The summed E-state index contributed by atoms with van der Waals surface area (Å²) in [6.07, 6.45) is 1.12. The molecule has 0 radical (unpaired) electrons. The molecule has 2 aliphatic heterocycles. The second-order valence-corrected chi connectivity index (χ2v) is 9.06. The summed E-state index contributed by atoms with van der Waals surface area (Å²) in [5.41, 5.74) is 3.17. The van der Waals surface area contributed by atoms with Crippen molar-refractivity contribution in [2.75, 3.05) is 13.1 Å². The minimum absolute atomic E-state index is 0.246. The van der Waals surface area contributed by atoms with E-state index in [1.54, 1.807) is 12.1 Å². The summed E-state index contributed by atoms with van der Waals surface area (Å²) in [6, 6.07) is 12.3. The van der Waals surface area contributed by atoms with Crippen molar-refractivity contribution in [3.05, 3.63) is 53.1 Å². The van der Waals surface area contributed by atoms with Gasteiger partial charge in [0.1, 0.15) is 5.75 Å². The minimum Gasteiger partial charge on any atom is -0.426 e. The zero-order chi connectivity index (χ0) is 24.4. The molecular formula is C26H30N2O6. The van der Waals surface area contributed by atoms with Crippen molar-refractivity contribution in [3.63, 3.8) is 0 Å². The van der Waals surface area contributed by atoms with Gasteiger partial charge < -0.3 is 14.2 Å². The maximum Gasteiger partial charge on any atom is 0.308 e. The highest BCUT2D eigenvalue weighted by atomic mass is 16.6. The van der Waals surface area contributed by atoms with Crippen molar-refractivity contribution in [1.82, 2.24) is 9.80 Å². The third-order valence-corrected chi connectivity index (χ3v) is 6.25. The number of piperazine rings is 1. The van der Waals surface area contributed by atoms with Gasteiger partial charge in [-0.15, -0.1) is 0 Å². The van der Waals surface area contributed by atoms with Crippen molar-refractivity contribution in [3.8, 4) is 17.2 Å². The first-order valence-corrected chi connectivity index (χ1v) is 11.4. The standard InChI is InChI=1S/C26H30N2O6/c1-16-9-20(5-7-24(16)32-17(2)29)12-27-14-23-11-22(27)15-28(23)13-21-6-8-25(33-18(3)30)26(10-21)34-19(4)31/h5-10,22-23H,11-15H2,1-4H3. The molecule has 0 spiro atoms. The number of aryl methyl sites for hydroxylation is 1. The fourth-order valence-electron chi connectivity index (χ4n) is 4.89. The topological polar surface area (TPSA) is 85.4 Å². The molecule has 2 heterocycles. The number of rotatable bonds is 7. The highest BCUT2D eigenvalue weighted by molar-refractivity contribution is 5.73. The number of carbonyl (C=O) groups is 3. The monoisotopic (exact) mass is 466 g/mol. The SMILES string of the molecule is CC(=O)Oc1ccc(CN2CC3CC2CN3Cc2ccc(OC(C)=O)c(OC(C)=O)c2)cc1C. The molecule has 2 bridgehead atoms. The summed E-state index contributed by atoms with van der Waals surface area (Å²) in [4.78, 5) is 39.0. The van der Waals surface area contributed by atoms with E-state index in [2.05, 4.69) is 15.9 Å². The molecule has 0 aromatic heterocycles. The lowest BCUT2D eigenvalue weighted by Gasteiger charge is -2.34. The summed E-state index contributed by atoms with van der Waals surface area (Å²) >= 11 is 0. The molecule has 4 rings (SSSR count). The molecule has 0 N–H and O–H groups in total. The lowest BCUT2D eigenvalue weighted by Crippen LogP contribution is -2.45. The second kappa shape index (κ2) is 9.95. The van der Waals surface area contributed by atoms with E-state index in [1.165, 1.54) is 26.3 Å². The van der Waals surface area contributed by atoms with Crippen LogP contribution in [-0.4, -0.2) is 52.9 Å². The molecular weight excluding hydrogens is 436 g/mol. The number of carbonyl (C=O) groups excluding carboxylic acids is 3. The van der Waals surface area contributed by atoms with E-state index in [0.29, 0.717) is 17.8 Å². The van der Waals surface area contributed by atoms with Gasteiger partial charge in [0.2, 0.25) is 0 Å². The lowest BCUT2D eigenvalue weighted by atomic mass is 10.1. The largest absolute Gasteiger partial charge is 0.426 e. The lowest BCUT2D eigenvalue weighted by molar-refractivity contribution is -0.134. The van der Waals surface area contributed by atoms with Crippen LogP contribution in [0.4, 0.5) is 0 Å². The highest BCUT2D eigenvalue weighted by Crippen LogP contribution is 2.35. The van der Waals surface area contributed by atoms with Gasteiger partial charge in [0.15, 0.2) is 11.5 Å². The average molecular weight is 467 g/mol. The quantitative estimate of drug-likeness (QED) is 0.454. The number of benzene rings is 2. The average Bonchev–Trinajstić information content (AvgIpc) is 3.31. The molecule has 2 fully saturated rings. The predicted octanol–water partition coefficient (Wildman–Crippen LogP) is 3.23. The van der Waals surface area contributed by atoms with Gasteiger partial charge in [-0.25, -0.2) is 0 Å². The van der Waals surface area contributed by atoms with Crippen molar-refractivity contribution < 1.29 is 28.6 Å². The van der Waals surface area contributed by atoms with Gasteiger partial charge in [-0.05, 0) is 48.2 Å². The van der Waals surface area contributed by atoms with Crippen LogP contribution in [0.15, 0.2) is 36.4 Å². The summed E-state index contributed by atoms with van der Waals surface area (Å²) < 4.78 is 15.7. The number of fused-ring (bicyclic) bond motifs is 2. The first-order valence-electron chi connectivity index (χ1n) is 11.4. The van der Waals surface area contributed by atoms with Crippen LogP contribution in [0.2, 0.25) is 0 Å². The van der Waals surface area contributed by atoms with E-state index in [9.17, 15) is 14.4 Å². The molecule has 180 valence electrons.